The summed E-state index contributed by atoms with van der Waals surface area (Å²) in [6, 6.07) is 15.0. The molecule has 0 spiro atoms. The largest absolute Gasteiger partial charge is 0.508 e. The molecule has 0 saturated heterocycles. The van der Waals surface area contributed by atoms with Crippen molar-refractivity contribution in [3.63, 3.8) is 0 Å². The number of rotatable bonds is 4. The second-order valence-electron chi connectivity index (χ2n) is 5.31. The minimum Gasteiger partial charge on any atom is -0.508 e. The Kier molecular flexibility index (Phi) is 3.77. The van der Waals surface area contributed by atoms with Crippen LogP contribution >= 0.6 is 0 Å². The summed E-state index contributed by atoms with van der Waals surface area (Å²) in [5, 5.41) is 15.5. The number of nitrogens with one attached hydrogen (secondary N) is 2. The van der Waals surface area contributed by atoms with Crippen LogP contribution in [-0.4, -0.2) is 17.6 Å². The Morgan fingerprint density at radius 2 is 1.95 bits per heavy atom. The van der Waals surface area contributed by atoms with E-state index in [4.69, 9.17) is 0 Å². The Balaban J connectivity index is 1.54. The first kappa shape index (κ1) is 13.5. The summed E-state index contributed by atoms with van der Waals surface area (Å²) in [6.45, 7) is 1.30. The van der Waals surface area contributed by atoms with Crippen molar-refractivity contribution in [2.24, 2.45) is 0 Å². The van der Waals surface area contributed by atoms with Crippen LogP contribution in [0, 0.1) is 0 Å². The molecule has 21 heavy (non-hydrogen) atoms. The van der Waals surface area contributed by atoms with Gasteiger partial charge in [0.15, 0.2) is 0 Å². The standard InChI is InChI=1S/C17H18N2O2/c20-14-7-5-12(6-8-14)10-19-17(21)9-13-11-18-16-4-2-1-3-15(13)16/h1-8,13,18,20H,9-11H2,(H,19,21). The van der Waals surface area contributed by atoms with Crippen LogP contribution in [0.2, 0.25) is 0 Å². The lowest BCUT2D eigenvalue weighted by molar-refractivity contribution is -0.121. The average Bonchev–Trinajstić information content (AvgIpc) is 2.90. The SMILES string of the molecule is O=C(CC1CNc2ccccc21)NCc1ccc(O)cc1. The number of fused-ring (bicyclic) bond motifs is 1. The van der Waals surface area contributed by atoms with Gasteiger partial charge < -0.3 is 15.7 Å². The summed E-state index contributed by atoms with van der Waals surface area (Å²) in [4.78, 5) is 12.1. The molecule has 108 valence electrons. The van der Waals surface area contributed by atoms with Gasteiger partial charge in [-0.15, -0.1) is 0 Å². The zero-order chi connectivity index (χ0) is 14.7. The van der Waals surface area contributed by atoms with Crippen molar-refractivity contribution < 1.29 is 9.90 Å². The molecule has 0 radical (unpaired) electrons. The number of hydrogen-bond donors (Lipinski definition) is 3. The van der Waals surface area contributed by atoms with Crippen molar-refractivity contribution in [2.75, 3.05) is 11.9 Å². The van der Waals surface area contributed by atoms with Gasteiger partial charge in [0.1, 0.15) is 5.75 Å². The predicted molar refractivity (Wildman–Crippen MR) is 82.2 cm³/mol. The van der Waals surface area contributed by atoms with E-state index in [0.29, 0.717) is 13.0 Å². The number of benzene rings is 2. The topological polar surface area (TPSA) is 61.4 Å². The highest BCUT2D eigenvalue weighted by atomic mass is 16.3. The van der Waals surface area contributed by atoms with Gasteiger partial charge in [-0.25, -0.2) is 0 Å². The van der Waals surface area contributed by atoms with Crippen LogP contribution in [0.15, 0.2) is 48.5 Å². The fourth-order valence-electron chi connectivity index (χ4n) is 2.65. The highest BCUT2D eigenvalue weighted by Gasteiger charge is 2.23. The molecule has 0 fully saturated rings. The third kappa shape index (κ3) is 3.16. The van der Waals surface area contributed by atoms with Crippen molar-refractivity contribution >= 4 is 11.6 Å². The summed E-state index contributed by atoms with van der Waals surface area (Å²) in [5.41, 5.74) is 3.33. The summed E-state index contributed by atoms with van der Waals surface area (Å²) in [7, 11) is 0. The molecule has 0 aliphatic carbocycles. The van der Waals surface area contributed by atoms with Gasteiger partial charge in [-0.1, -0.05) is 30.3 Å². The van der Waals surface area contributed by atoms with E-state index in [2.05, 4.69) is 16.7 Å². The fraction of sp³-hybridized carbons (Fsp3) is 0.235. The summed E-state index contributed by atoms with van der Waals surface area (Å²) in [6.07, 6.45) is 0.488. The first-order chi connectivity index (χ1) is 10.2. The minimum atomic E-state index is 0.0478. The summed E-state index contributed by atoms with van der Waals surface area (Å²) >= 11 is 0. The van der Waals surface area contributed by atoms with Crippen molar-refractivity contribution in [3.8, 4) is 5.75 Å². The number of aromatic hydroxyl groups is 1. The highest BCUT2D eigenvalue weighted by Crippen LogP contribution is 2.32. The lowest BCUT2D eigenvalue weighted by Crippen LogP contribution is -2.25. The normalized spacial score (nSPS) is 16.1. The van der Waals surface area contributed by atoms with Gasteiger partial charge in [0, 0.05) is 31.1 Å². The van der Waals surface area contributed by atoms with Crippen LogP contribution in [0.25, 0.3) is 0 Å². The summed E-state index contributed by atoms with van der Waals surface area (Å²) < 4.78 is 0. The van der Waals surface area contributed by atoms with Crippen LogP contribution in [0.3, 0.4) is 0 Å². The smallest absolute Gasteiger partial charge is 0.220 e. The number of phenols is 1. The first-order valence-corrected chi connectivity index (χ1v) is 7.10. The molecule has 1 atom stereocenters. The Hall–Kier alpha value is -2.49. The molecule has 2 aromatic rings. The molecule has 1 aliphatic heterocycles. The lowest BCUT2D eigenvalue weighted by Gasteiger charge is -2.10. The van der Waals surface area contributed by atoms with E-state index >= 15 is 0 Å². The lowest BCUT2D eigenvalue weighted by atomic mass is 9.97. The summed E-state index contributed by atoms with van der Waals surface area (Å²) in [5.74, 6) is 0.520. The van der Waals surface area contributed by atoms with Gasteiger partial charge in [-0.2, -0.15) is 0 Å². The van der Waals surface area contributed by atoms with Crippen LogP contribution in [0.4, 0.5) is 5.69 Å². The quantitative estimate of drug-likeness (QED) is 0.808. The van der Waals surface area contributed by atoms with E-state index in [1.165, 1.54) is 5.56 Å². The second kappa shape index (κ2) is 5.87. The fourth-order valence-corrected chi connectivity index (χ4v) is 2.65. The van der Waals surface area contributed by atoms with Crippen LogP contribution < -0.4 is 10.6 Å². The van der Waals surface area contributed by atoms with Crippen molar-refractivity contribution in [3.05, 3.63) is 59.7 Å². The van der Waals surface area contributed by atoms with Gasteiger partial charge >= 0.3 is 0 Å². The van der Waals surface area contributed by atoms with E-state index in [-0.39, 0.29) is 17.6 Å². The minimum absolute atomic E-state index is 0.0478. The Morgan fingerprint density at radius 3 is 2.76 bits per heavy atom. The Bertz CT molecular complexity index is 637. The predicted octanol–water partition coefficient (Wildman–Crippen LogP) is 2.61. The van der Waals surface area contributed by atoms with Crippen molar-refractivity contribution in [1.29, 1.82) is 0 Å². The first-order valence-electron chi connectivity index (χ1n) is 7.10. The molecule has 0 saturated carbocycles. The Labute approximate surface area is 123 Å². The molecule has 3 rings (SSSR count). The highest BCUT2D eigenvalue weighted by molar-refractivity contribution is 5.78. The van der Waals surface area contributed by atoms with E-state index in [1.54, 1.807) is 12.1 Å². The van der Waals surface area contributed by atoms with Gasteiger partial charge in [0.25, 0.3) is 0 Å². The number of phenolic OH excluding ortho intramolecular Hbond substituents is 1. The third-order valence-corrected chi connectivity index (χ3v) is 3.80. The molecule has 1 amide bonds. The van der Waals surface area contributed by atoms with Gasteiger partial charge in [0.05, 0.1) is 0 Å². The van der Waals surface area contributed by atoms with Crippen LogP contribution in [-0.2, 0) is 11.3 Å². The number of anilines is 1. The maximum Gasteiger partial charge on any atom is 0.220 e. The molecule has 3 N–H and O–H groups in total. The van der Waals surface area contributed by atoms with Gasteiger partial charge in [-0.05, 0) is 29.3 Å². The van der Waals surface area contributed by atoms with E-state index in [9.17, 15) is 9.90 Å². The zero-order valence-corrected chi connectivity index (χ0v) is 11.7. The molecule has 0 aromatic heterocycles. The van der Waals surface area contributed by atoms with Crippen molar-refractivity contribution in [2.45, 2.75) is 18.9 Å². The van der Waals surface area contributed by atoms with Gasteiger partial charge in [-0.3, -0.25) is 4.79 Å². The molecule has 4 heteroatoms. The number of amides is 1. The van der Waals surface area contributed by atoms with Crippen LogP contribution in [0.5, 0.6) is 5.75 Å². The number of carbonyl (C=O) groups excluding carboxylic acids is 1. The molecule has 0 bridgehead atoms. The number of para-hydroxylation sites is 1. The third-order valence-electron chi connectivity index (χ3n) is 3.80. The number of hydrogen-bond acceptors (Lipinski definition) is 3. The van der Waals surface area contributed by atoms with Gasteiger partial charge in [0.2, 0.25) is 5.91 Å². The molecular weight excluding hydrogens is 264 g/mol. The monoisotopic (exact) mass is 282 g/mol. The molecule has 1 heterocycles. The molecular formula is C17H18N2O2. The second-order valence-corrected chi connectivity index (χ2v) is 5.31. The molecule has 1 aliphatic rings. The maximum absolute atomic E-state index is 12.1. The average molecular weight is 282 g/mol. The molecule has 1 unspecified atom stereocenters. The van der Waals surface area contributed by atoms with E-state index in [0.717, 1.165) is 17.8 Å². The Morgan fingerprint density at radius 1 is 1.19 bits per heavy atom. The molecule has 2 aromatic carbocycles. The van der Waals surface area contributed by atoms with E-state index in [1.807, 2.05) is 30.3 Å². The molecule has 4 nitrogen and oxygen atoms in total. The maximum atomic E-state index is 12.1. The number of carbonyl (C=O) groups is 1. The van der Waals surface area contributed by atoms with Crippen molar-refractivity contribution in [1.82, 2.24) is 5.32 Å². The van der Waals surface area contributed by atoms with E-state index < -0.39 is 0 Å². The van der Waals surface area contributed by atoms with Crippen LogP contribution in [0.1, 0.15) is 23.5 Å². The zero-order valence-electron chi connectivity index (χ0n) is 11.7.